The molecule has 0 unspecified atom stereocenters. The van der Waals surface area contributed by atoms with Crippen LogP contribution in [-0.4, -0.2) is 12.1 Å². The Morgan fingerprint density at radius 3 is 1.80 bits per heavy atom. The molecule has 0 aromatic carbocycles. The molecule has 15 heavy (non-hydrogen) atoms. The molecule has 0 saturated heterocycles. The third-order valence-electron chi connectivity index (χ3n) is 3.95. The molecule has 2 atom stereocenters. The van der Waals surface area contributed by atoms with Crippen LogP contribution in [0.5, 0.6) is 0 Å². The lowest BCUT2D eigenvalue weighted by Gasteiger charge is -2.32. The van der Waals surface area contributed by atoms with Crippen LogP contribution in [0.25, 0.3) is 20.9 Å². The molecule has 2 aliphatic rings. The minimum atomic E-state index is -0.0154. The standard InChI is InChI=1S/C9H14N6/c10-14-12-7-3-1-5-9(7)6-2-4-8(9)13-15-11/h7-8H,1-6H2/t7-,8-,9?/m1/s1. The number of hydrogen-bond acceptors (Lipinski definition) is 2. The van der Waals surface area contributed by atoms with Gasteiger partial charge in [0.1, 0.15) is 0 Å². The summed E-state index contributed by atoms with van der Waals surface area (Å²) in [6, 6.07) is 0.0843. The molecule has 0 aliphatic heterocycles. The van der Waals surface area contributed by atoms with E-state index in [0.717, 1.165) is 38.5 Å². The highest BCUT2D eigenvalue weighted by molar-refractivity contribution is 5.07. The minimum Gasteiger partial charge on any atom is -0.0900 e. The quantitative estimate of drug-likeness (QED) is 0.374. The molecule has 0 amide bonds. The summed E-state index contributed by atoms with van der Waals surface area (Å²) >= 11 is 0. The summed E-state index contributed by atoms with van der Waals surface area (Å²) in [6.07, 6.45) is 6.14. The van der Waals surface area contributed by atoms with Crippen LogP contribution in [0.15, 0.2) is 10.2 Å². The summed E-state index contributed by atoms with van der Waals surface area (Å²) in [5, 5.41) is 7.78. The van der Waals surface area contributed by atoms with E-state index in [1.165, 1.54) is 0 Å². The maximum atomic E-state index is 8.54. The Labute approximate surface area is 87.9 Å². The lowest BCUT2D eigenvalue weighted by atomic mass is 9.78. The average Bonchev–Trinajstić information content (AvgIpc) is 2.79. The van der Waals surface area contributed by atoms with Gasteiger partial charge in [0.25, 0.3) is 0 Å². The van der Waals surface area contributed by atoms with Gasteiger partial charge in [-0.1, -0.05) is 23.1 Å². The van der Waals surface area contributed by atoms with Crippen LogP contribution < -0.4 is 0 Å². The van der Waals surface area contributed by atoms with Gasteiger partial charge in [-0.2, -0.15) is 0 Å². The molecule has 6 nitrogen and oxygen atoms in total. The van der Waals surface area contributed by atoms with Gasteiger partial charge < -0.3 is 0 Å². The molecule has 2 fully saturated rings. The predicted octanol–water partition coefficient (Wildman–Crippen LogP) is 3.70. The first-order valence-corrected chi connectivity index (χ1v) is 5.42. The zero-order valence-electron chi connectivity index (χ0n) is 8.58. The normalized spacial score (nSPS) is 38.7. The molecule has 2 saturated carbocycles. The summed E-state index contributed by atoms with van der Waals surface area (Å²) in [4.78, 5) is 5.84. The Morgan fingerprint density at radius 2 is 1.40 bits per heavy atom. The number of nitrogens with zero attached hydrogens (tertiary/aromatic N) is 6. The van der Waals surface area contributed by atoms with Crippen molar-refractivity contribution in [3.63, 3.8) is 0 Å². The van der Waals surface area contributed by atoms with E-state index in [-0.39, 0.29) is 17.5 Å². The monoisotopic (exact) mass is 206 g/mol. The van der Waals surface area contributed by atoms with Crippen LogP contribution in [0.2, 0.25) is 0 Å². The van der Waals surface area contributed by atoms with Gasteiger partial charge in [0.2, 0.25) is 0 Å². The fourth-order valence-electron chi connectivity index (χ4n) is 3.31. The van der Waals surface area contributed by atoms with E-state index in [1.807, 2.05) is 0 Å². The molecule has 6 heteroatoms. The third-order valence-corrected chi connectivity index (χ3v) is 3.95. The lowest BCUT2D eigenvalue weighted by molar-refractivity contribution is 0.234. The topological polar surface area (TPSA) is 97.5 Å². The summed E-state index contributed by atoms with van der Waals surface area (Å²) in [7, 11) is 0. The summed E-state index contributed by atoms with van der Waals surface area (Å²) in [6.45, 7) is 0. The Morgan fingerprint density at radius 1 is 0.933 bits per heavy atom. The van der Waals surface area contributed by atoms with Crippen molar-refractivity contribution in [1.29, 1.82) is 0 Å². The minimum absolute atomic E-state index is 0.0154. The van der Waals surface area contributed by atoms with Gasteiger partial charge in [-0.15, -0.1) is 0 Å². The molecule has 0 heterocycles. The van der Waals surface area contributed by atoms with Crippen molar-refractivity contribution in [2.75, 3.05) is 0 Å². The molecule has 0 aromatic rings. The van der Waals surface area contributed by atoms with E-state index in [2.05, 4.69) is 20.1 Å². The maximum Gasteiger partial charge on any atom is 0.0434 e. The van der Waals surface area contributed by atoms with Gasteiger partial charge in [0.15, 0.2) is 0 Å². The van der Waals surface area contributed by atoms with Gasteiger partial charge in [-0.3, -0.25) is 0 Å². The average molecular weight is 206 g/mol. The number of azide groups is 2. The zero-order valence-corrected chi connectivity index (χ0v) is 8.58. The number of hydrogen-bond donors (Lipinski definition) is 0. The molecule has 0 aromatic heterocycles. The second kappa shape index (κ2) is 4.01. The molecule has 0 bridgehead atoms. The van der Waals surface area contributed by atoms with Gasteiger partial charge in [-0.05, 0) is 42.2 Å². The van der Waals surface area contributed by atoms with E-state index in [9.17, 15) is 0 Å². The highest BCUT2D eigenvalue weighted by atomic mass is 15.2. The van der Waals surface area contributed by atoms with Crippen molar-refractivity contribution in [2.24, 2.45) is 15.6 Å². The van der Waals surface area contributed by atoms with E-state index in [1.54, 1.807) is 0 Å². The first kappa shape index (κ1) is 10.1. The van der Waals surface area contributed by atoms with Crippen LogP contribution in [0, 0.1) is 5.41 Å². The second-order valence-corrected chi connectivity index (χ2v) is 4.46. The van der Waals surface area contributed by atoms with E-state index >= 15 is 0 Å². The Hall–Kier alpha value is -1.38. The SMILES string of the molecule is [N-]=[N+]=N[C@@H]1CCCC12CCC[C@H]2N=[N+]=[N-]. The van der Waals surface area contributed by atoms with Crippen molar-refractivity contribution in [3.05, 3.63) is 20.9 Å². The van der Waals surface area contributed by atoms with Crippen LogP contribution >= 0.6 is 0 Å². The van der Waals surface area contributed by atoms with Crippen molar-refractivity contribution in [3.8, 4) is 0 Å². The molecular weight excluding hydrogens is 192 g/mol. The molecule has 2 aliphatic carbocycles. The molecule has 1 spiro atoms. The fourth-order valence-corrected chi connectivity index (χ4v) is 3.31. The van der Waals surface area contributed by atoms with Crippen molar-refractivity contribution >= 4 is 0 Å². The summed E-state index contributed by atoms with van der Waals surface area (Å²) in [5.74, 6) is 0. The van der Waals surface area contributed by atoms with E-state index in [0.29, 0.717) is 0 Å². The van der Waals surface area contributed by atoms with Crippen LogP contribution in [0.1, 0.15) is 38.5 Å². The molecule has 0 N–H and O–H groups in total. The van der Waals surface area contributed by atoms with E-state index < -0.39 is 0 Å². The summed E-state index contributed by atoms with van der Waals surface area (Å²) < 4.78 is 0. The van der Waals surface area contributed by atoms with Crippen LogP contribution in [0.3, 0.4) is 0 Å². The Balaban J connectivity index is 2.29. The fraction of sp³-hybridized carbons (Fsp3) is 1.00. The first-order valence-electron chi connectivity index (χ1n) is 5.42. The zero-order chi connectivity index (χ0) is 10.7. The second-order valence-electron chi connectivity index (χ2n) is 4.46. The lowest BCUT2D eigenvalue weighted by Crippen LogP contribution is -2.34. The number of rotatable bonds is 2. The third kappa shape index (κ3) is 1.52. The summed E-state index contributed by atoms with van der Waals surface area (Å²) in [5.41, 5.74) is 17.1. The first-order chi connectivity index (χ1) is 7.33. The highest BCUT2D eigenvalue weighted by Gasteiger charge is 2.50. The molecule has 0 radical (unpaired) electrons. The van der Waals surface area contributed by atoms with Crippen molar-refractivity contribution in [2.45, 2.75) is 50.6 Å². The molecule has 2 rings (SSSR count). The smallest absolute Gasteiger partial charge is 0.0434 e. The Bertz CT molecular complexity index is 305. The van der Waals surface area contributed by atoms with Gasteiger partial charge in [-0.25, -0.2) is 0 Å². The largest absolute Gasteiger partial charge is 0.0900 e. The van der Waals surface area contributed by atoms with Crippen LogP contribution in [0.4, 0.5) is 0 Å². The van der Waals surface area contributed by atoms with Gasteiger partial charge in [0.05, 0.1) is 0 Å². The van der Waals surface area contributed by atoms with Gasteiger partial charge in [0, 0.05) is 21.9 Å². The highest BCUT2D eigenvalue weighted by Crippen LogP contribution is 2.53. The molecular formula is C9H14N6. The van der Waals surface area contributed by atoms with Crippen molar-refractivity contribution < 1.29 is 0 Å². The maximum absolute atomic E-state index is 8.54. The van der Waals surface area contributed by atoms with Gasteiger partial charge >= 0.3 is 0 Å². The van der Waals surface area contributed by atoms with Crippen LogP contribution in [-0.2, 0) is 0 Å². The predicted molar refractivity (Wildman–Crippen MR) is 56.0 cm³/mol. The van der Waals surface area contributed by atoms with E-state index in [4.69, 9.17) is 11.1 Å². The molecule has 80 valence electrons. The Kier molecular flexibility index (Phi) is 2.71. The van der Waals surface area contributed by atoms with Crippen molar-refractivity contribution in [1.82, 2.24) is 0 Å².